The Kier molecular flexibility index (Phi) is 5.05. The van der Waals surface area contributed by atoms with Crippen LogP contribution in [0.3, 0.4) is 0 Å². The Balaban J connectivity index is 1.44. The molecule has 4 saturated heterocycles. The molecule has 5 heterocycles. The lowest BCUT2D eigenvalue weighted by Crippen LogP contribution is -2.69. The summed E-state index contributed by atoms with van der Waals surface area (Å²) in [5.41, 5.74) is 0.553. The number of rotatable bonds is 2. The van der Waals surface area contributed by atoms with E-state index in [1.54, 1.807) is 6.07 Å². The fraction of sp³-hybridized carbons (Fsp3) is 0.667. The maximum atomic E-state index is 13.6. The first kappa shape index (κ1) is 19.0. The quantitative estimate of drug-likeness (QED) is 0.732. The summed E-state index contributed by atoms with van der Waals surface area (Å²) in [7, 11) is 0. The molecule has 156 valence electrons. The number of likely N-dealkylation sites (tertiary alicyclic amines) is 1. The first-order chi connectivity index (χ1) is 14.1. The van der Waals surface area contributed by atoms with Crippen LogP contribution in [0.5, 0.6) is 0 Å². The molecule has 0 aromatic carbocycles. The van der Waals surface area contributed by atoms with Crippen LogP contribution in [0.15, 0.2) is 23.0 Å². The van der Waals surface area contributed by atoms with Gasteiger partial charge in [0.1, 0.15) is 12.3 Å². The van der Waals surface area contributed by atoms with E-state index in [1.165, 1.54) is 12.5 Å². The Morgan fingerprint density at radius 3 is 2.66 bits per heavy atom. The summed E-state index contributed by atoms with van der Waals surface area (Å²) in [6.07, 6.45) is 6.25. The Hall–Kier alpha value is -1.96. The van der Waals surface area contributed by atoms with Crippen LogP contribution in [-0.4, -0.2) is 82.2 Å². The van der Waals surface area contributed by atoms with Crippen molar-refractivity contribution in [1.82, 2.24) is 14.7 Å². The van der Waals surface area contributed by atoms with Crippen LogP contribution in [0, 0.1) is 11.8 Å². The molecule has 2 bridgehead atoms. The van der Waals surface area contributed by atoms with Gasteiger partial charge in [0.05, 0.1) is 11.8 Å². The second kappa shape index (κ2) is 7.70. The molecule has 8 heteroatoms. The molecule has 0 aliphatic carbocycles. The summed E-state index contributed by atoms with van der Waals surface area (Å²) in [5, 5.41) is 0. The summed E-state index contributed by atoms with van der Waals surface area (Å²) >= 11 is 1.87. The first-order valence-electron chi connectivity index (χ1n) is 10.6. The largest absolute Gasteiger partial charge is 0.472 e. The molecule has 3 amide bonds. The Bertz CT molecular complexity index is 792. The highest BCUT2D eigenvalue weighted by Gasteiger charge is 2.53. The van der Waals surface area contributed by atoms with Crippen LogP contribution in [0.2, 0.25) is 0 Å². The highest BCUT2D eigenvalue weighted by Crippen LogP contribution is 2.42. The van der Waals surface area contributed by atoms with Gasteiger partial charge < -0.3 is 19.1 Å². The van der Waals surface area contributed by atoms with Gasteiger partial charge in [0.25, 0.3) is 5.91 Å². The summed E-state index contributed by atoms with van der Waals surface area (Å²) in [4.78, 5) is 45.2. The molecular formula is C21H27N3O4S. The molecule has 1 aromatic heterocycles. The second-order valence-corrected chi connectivity index (χ2v) is 9.85. The smallest absolute Gasteiger partial charge is 0.257 e. The minimum absolute atomic E-state index is 0.00461. The monoisotopic (exact) mass is 417 g/mol. The van der Waals surface area contributed by atoms with Crippen molar-refractivity contribution in [3.8, 4) is 0 Å². The van der Waals surface area contributed by atoms with Crippen molar-refractivity contribution in [3.05, 3.63) is 24.2 Å². The van der Waals surface area contributed by atoms with Gasteiger partial charge in [-0.15, -0.1) is 0 Å². The third kappa shape index (κ3) is 3.35. The van der Waals surface area contributed by atoms with Crippen LogP contribution in [-0.2, 0) is 9.59 Å². The second-order valence-electron chi connectivity index (χ2n) is 8.62. The molecule has 0 spiro atoms. The molecule has 7 nitrogen and oxygen atoms in total. The minimum atomic E-state index is -0.424. The van der Waals surface area contributed by atoms with E-state index in [0.29, 0.717) is 25.1 Å². The highest BCUT2D eigenvalue weighted by atomic mass is 32.2. The van der Waals surface area contributed by atoms with E-state index in [1.807, 2.05) is 26.5 Å². The zero-order valence-corrected chi connectivity index (χ0v) is 17.3. The van der Waals surface area contributed by atoms with Crippen LogP contribution in [0.25, 0.3) is 0 Å². The van der Waals surface area contributed by atoms with Crippen LogP contribution in [0.1, 0.15) is 36.0 Å². The molecule has 29 heavy (non-hydrogen) atoms. The molecular weight excluding hydrogens is 390 g/mol. The topological polar surface area (TPSA) is 74.1 Å². The summed E-state index contributed by atoms with van der Waals surface area (Å²) in [5.74, 6) is 2.33. The molecule has 4 fully saturated rings. The van der Waals surface area contributed by atoms with Crippen molar-refractivity contribution in [2.24, 2.45) is 11.8 Å². The normalized spacial score (nSPS) is 32.1. The van der Waals surface area contributed by atoms with Gasteiger partial charge in [-0.25, -0.2) is 0 Å². The molecule has 0 N–H and O–H groups in total. The zero-order chi connectivity index (χ0) is 20.0. The Morgan fingerprint density at radius 1 is 1.10 bits per heavy atom. The molecule has 1 aromatic rings. The summed E-state index contributed by atoms with van der Waals surface area (Å²) in [6, 6.07) is 1.34. The Labute approximate surface area is 174 Å². The van der Waals surface area contributed by atoms with Crippen LogP contribution < -0.4 is 0 Å². The first-order valence-corrected chi connectivity index (χ1v) is 11.8. The molecule has 4 aliphatic heterocycles. The number of furan rings is 1. The van der Waals surface area contributed by atoms with E-state index in [9.17, 15) is 14.4 Å². The average Bonchev–Trinajstić information content (AvgIpc) is 3.29. The molecule has 4 atom stereocenters. The van der Waals surface area contributed by atoms with Gasteiger partial charge in [0, 0.05) is 56.1 Å². The third-order valence-corrected chi connectivity index (χ3v) is 7.92. The maximum Gasteiger partial charge on any atom is 0.257 e. The number of thioether (sulfide) groups is 1. The van der Waals surface area contributed by atoms with Crippen molar-refractivity contribution in [1.29, 1.82) is 0 Å². The number of amides is 3. The molecule has 0 radical (unpaired) electrons. The lowest BCUT2D eigenvalue weighted by molar-refractivity contribution is -0.164. The predicted molar refractivity (Wildman–Crippen MR) is 108 cm³/mol. The van der Waals surface area contributed by atoms with Crippen molar-refractivity contribution in [2.45, 2.75) is 37.8 Å². The van der Waals surface area contributed by atoms with Gasteiger partial charge in [0.15, 0.2) is 0 Å². The number of piperidine rings is 3. The molecule has 0 unspecified atom stereocenters. The Morgan fingerprint density at radius 2 is 1.90 bits per heavy atom. The van der Waals surface area contributed by atoms with Crippen molar-refractivity contribution >= 4 is 29.5 Å². The molecule has 0 saturated carbocycles. The van der Waals surface area contributed by atoms with E-state index in [4.69, 9.17) is 4.42 Å². The highest BCUT2D eigenvalue weighted by molar-refractivity contribution is 7.99. The SMILES string of the molecule is O=C(c1ccoc1)N1C[C@@H]2C[C@H](C1)[C@H](C(=O)N1CCSCC1)N1C(=O)CCC[C@@H]21. The third-order valence-electron chi connectivity index (χ3n) is 6.97. The van der Waals surface area contributed by atoms with Crippen molar-refractivity contribution in [2.75, 3.05) is 37.7 Å². The summed E-state index contributed by atoms with van der Waals surface area (Å²) < 4.78 is 5.10. The van der Waals surface area contributed by atoms with Gasteiger partial charge in [-0.1, -0.05) is 0 Å². The van der Waals surface area contributed by atoms with Crippen LogP contribution >= 0.6 is 11.8 Å². The standard InChI is InChI=1S/C21H27N3O4S/c25-18-3-1-2-17-15-10-16(12-23(11-15)20(26)14-4-7-28-13-14)19(24(17)18)21(27)22-5-8-29-9-6-22/h4,7,13,15-17,19H,1-3,5-6,8-12H2/t15-,16+,17-,19+/m0/s1. The van der Waals surface area contributed by atoms with Gasteiger partial charge in [-0.05, 0) is 31.2 Å². The fourth-order valence-electron chi connectivity index (χ4n) is 5.68. The number of hydrogen-bond acceptors (Lipinski definition) is 5. The van der Waals surface area contributed by atoms with Crippen LogP contribution in [0.4, 0.5) is 0 Å². The summed E-state index contributed by atoms with van der Waals surface area (Å²) in [6.45, 7) is 2.67. The molecule has 4 aliphatic rings. The number of nitrogens with zero attached hydrogens (tertiary/aromatic N) is 3. The molecule has 5 rings (SSSR count). The van der Waals surface area contributed by atoms with Gasteiger partial charge >= 0.3 is 0 Å². The van der Waals surface area contributed by atoms with Gasteiger partial charge in [-0.3, -0.25) is 14.4 Å². The van der Waals surface area contributed by atoms with E-state index in [-0.39, 0.29) is 35.6 Å². The van der Waals surface area contributed by atoms with E-state index < -0.39 is 6.04 Å². The van der Waals surface area contributed by atoms with Gasteiger partial charge in [-0.2, -0.15) is 11.8 Å². The lowest BCUT2D eigenvalue weighted by atomic mass is 9.71. The van der Waals surface area contributed by atoms with Gasteiger partial charge in [0.2, 0.25) is 11.8 Å². The zero-order valence-electron chi connectivity index (χ0n) is 16.5. The van der Waals surface area contributed by atoms with Crippen molar-refractivity contribution in [3.63, 3.8) is 0 Å². The number of carbonyl (C=O) groups excluding carboxylic acids is 3. The number of carbonyl (C=O) groups is 3. The number of hydrogen-bond donors (Lipinski definition) is 0. The predicted octanol–water partition coefficient (Wildman–Crippen LogP) is 1.70. The maximum absolute atomic E-state index is 13.6. The van der Waals surface area contributed by atoms with Crippen molar-refractivity contribution < 1.29 is 18.8 Å². The van der Waals surface area contributed by atoms with E-state index in [2.05, 4.69) is 0 Å². The lowest BCUT2D eigenvalue weighted by Gasteiger charge is -2.56. The van der Waals surface area contributed by atoms with E-state index >= 15 is 0 Å². The van der Waals surface area contributed by atoms with E-state index in [0.717, 1.165) is 43.9 Å². The number of fused-ring (bicyclic) bond motifs is 4. The average molecular weight is 418 g/mol. The fourth-order valence-corrected chi connectivity index (χ4v) is 6.58. The minimum Gasteiger partial charge on any atom is -0.472 e.